The molecule has 2 amide bonds. The molecule has 1 N–H and O–H groups in total. The van der Waals surface area contributed by atoms with Crippen molar-refractivity contribution in [3.63, 3.8) is 0 Å². The smallest absolute Gasteiger partial charge is 0.312 e. The summed E-state index contributed by atoms with van der Waals surface area (Å²) in [6, 6.07) is 23.5. The van der Waals surface area contributed by atoms with Crippen molar-refractivity contribution in [3.8, 4) is 5.75 Å². The zero-order valence-corrected chi connectivity index (χ0v) is 18.2. The monoisotopic (exact) mass is 430 g/mol. The summed E-state index contributed by atoms with van der Waals surface area (Å²) >= 11 is 0. The summed E-state index contributed by atoms with van der Waals surface area (Å²) in [5.41, 5.74) is 3.29. The summed E-state index contributed by atoms with van der Waals surface area (Å²) in [7, 11) is 1.70. The first-order valence-corrected chi connectivity index (χ1v) is 10.4. The number of benzene rings is 3. The summed E-state index contributed by atoms with van der Waals surface area (Å²) < 4.78 is 5.31. The quantitative estimate of drug-likeness (QED) is 0.434. The van der Waals surface area contributed by atoms with Gasteiger partial charge in [0.25, 0.3) is 5.91 Å². The van der Waals surface area contributed by atoms with Crippen LogP contribution >= 0.6 is 0 Å². The molecule has 3 aromatic rings. The van der Waals surface area contributed by atoms with Crippen molar-refractivity contribution in [2.24, 2.45) is 0 Å². The van der Waals surface area contributed by atoms with Crippen LogP contribution in [0.5, 0.6) is 5.75 Å². The van der Waals surface area contributed by atoms with Gasteiger partial charge in [-0.05, 0) is 48.9 Å². The first-order valence-electron chi connectivity index (χ1n) is 10.4. The van der Waals surface area contributed by atoms with Crippen molar-refractivity contribution in [3.05, 3.63) is 95.6 Å². The fraction of sp³-hybridized carbons (Fsp3) is 0.192. The van der Waals surface area contributed by atoms with Gasteiger partial charge in [-0.3, -0.25) is 14.4 Å². The van der Waals surface area contributed by atoms with Crippen LogP contribution in [0.1, 0.15) is 27.9 Å². The number of nitrogens with zero attached hydrogens (tertiary/aromatic N) is 1. The molecule has 0 aliphatic heterocycles. The second-order valence-corrected chi connectivity index (χ2v) is 7.46. The normalized spacial score (nSPS) is 10.3. The first-order chi connectivity index (χ1) is 15.4. The van der Waals surface area contributed by atoms with E-state index in [2.05, 4.69) is 5.32 Å². The standard InChI is InChI=1S/C26H26N2O4/c1-19-8-10-21(11-9-19)26(31)28(2)22-12-14-23(15-13-22)32-25(30)16-17-27-24(29)18-20-6-4-3-5-7-20/h3-15H,16-18H2,1-2H3,(H,27,29). The lowest BCUT2D eigenvalue weighted by Gasteiger charge is -2.18. The highest BCUT2D eigenvalue weighted by Gasteiger charge is 2.14. The molecular formula is C26H26N2O4. The van der Waals surface area contributed by atoms with Gasteiger partial charge in [-0.15, -0.1) is 0 Å². The molecule has 0 saturated heterocycles. The van der Waals surface area contributed by atoms with E-state index in [1.807, 2.05) is 49.4 Å². The largest absolute Gasteiger partial charge is 0.426 e. The highest BCUT2D eigenvalue weighted by molar-refractivity contribution is 6.05. The van der Waals surface area contributed by atoms with E-state index in [1.54, 1.807) is 48.3 Å². The highest BCUT2D eigenvalue weighted by Crippen LogP contribution is 2.20. The maximum Gasteiger partial charge on any atom is 0.312 e. The molecule has 0 aromatic heterocycles. The van der Waals surface area contributed by atoms with Crippen LogP contribution in [0.15, 0.2) is 78.9 Å². The lowest BCUT2D eigenvalue weighted by Crippen LogP contribution is -2.28. The molecule has 0 bridgehead atoms. The molecule has 0 radical (unpaired) electrons. The van der Waals surface area contributed by atoms with E-state index < -0.39 is 5.97 Å². The molecule has 0 unspecified atom stereocenters. The van der Waals surface area contributed by atoms with Gasteiger partial charge in [0.05, 0.1) is 12.8 Å². The van der Waals surface area contributed by atoms with Gasteiger partial charge in [0.15, 0.2) is 0 Å². The van der Waals surface area contributed by atoms with Crippen LogP contribution in [0.2, 0.25) is 0 Å². The average molecular weight is 431 g/mol. The molecule has 0 fully saturated rings. The Balaban J connectivity index is 1.45. The molecule has 0 spiro atoms. The van der Waals surface area contributed by atoms with Crippen molar-refractivity contribution in [1.82, 2.24) is 5.32 Å². The number of esters is 1. The fourth-order valence-electron chi connectivity index (χ4n) is 3.08. The number of aryl methyl sites for hydroxylation is 1. The summed E-state index contributed by atoms with van der Waals surface area (Å²) in [6.07, 6.45) is 0.334. The van der Waals surface area contributed by atoms with Crippen LogP contribution in [-0.2, 0) is 16.0 Å². The van der Waals surface area contributed by atoms with E-state index in [-0.39, 0.29) is 31.2 Å². The Morgan fingerprint density at radius 2 is 1.53 bits per heavy atom. The Hall–Kier alpha value is -3.93. The molecular weight excluding hydrogens is 404 g/mol. The van der Waals surface area contributed by atoms with Gasteiger partial charge in [-0.1, -0.05) is 48.0 Å². The lowest BCUT2D eigenvalue weighted by atomic mass is 10.1. The maximum atomic E-state index is 12.6. The van der Waals surface area contributed by atoms with Crippen molar-refractivity contribution >= 4 is 23.5 Å². The Kier molecular flexibility index (Phi) is 7.75. The summed E-state index contributed by atoms with van der Waals surface area (Å²) in [6.45, 7) is 2.17. The zero-order chi connectivity index (χ0) is 22.9. The summed E-state index contributed by atoms with van der Waals surface area (Å²) in [5, 5.41) is 2.72. The van der Waals surface area contributed by atoms with Crippen LogP contribution in [0, 0.1) is 6.92 Å². The molecule has 6 nitrogen and oxygen atoms in total. The van der Waals surface area contributed by atoms with Gasteiger partial charge >= 0.3 is 5.97 Å². The van der Waals surface area contributed by atoms with Gasteiger partial charge in [0.1, 0.15) is 5.75 Å². The molecule has 0 heterocycles. The van der Waals surface area contributed by atoms with E-state index in [0.29, 0.717) is 17.0 Å². The van der Waals surface area contributed by atoms with E-state index in [1.165, 1.54) is 0 Å². The van der Waals surface area contributed by atoms with E-state index in [9.17, 15) is 14.4 Å². The van der Waals surface area contributed by atoms with Crippen molar-refractivity contribution in [2.45, 2.75) is 19.8 Å². The SMILES string of the molecule is Cc1ccc(C(=O)N(C)c2ccc(OC(=O)CCNC(=O)Cc3ccccc3)cc2)cc1. The molecule has 0 saturated carbocycles. The Morgan fingerprint density at radius 3 is 2.19 bits per heavy atom. The number of rotatable bonds is 8. The van der Waals surface area contributed by atoms with E-state index in [4.69, 9.17) is 4.74 Å². The summed E-state index contributed by atoms with van der Waals surface area (Å²) in [5.74, 6) is -0.331. The number of carbonyl (C=O) groups is 3. The van der Waals surface area contributed by atoms with Crippen LogP contribution in [0.25, 0.3) is 0 Å². The molecule has 0 aliphatic rings. The molecule has 3 aromatic carbocycles. The van der Waals surface area contributed by atoms with Gasteiger partial charge in [-0.25, -0.2) is 0 Å². The minimum Gasteiger partial charge on any atom is -0.426 e. The van der Waals surface area contributed by atoms with Crippen LogP contribution < -0.4 is 15.0 Å². The molecule has 0 atom stereocenters. The third-order valence-electron chi connectivity index (χ3n) is 4.92. The predicted octanol–water partition coefficient (Wildman–Crippen LogP) is 3.93. The Labute approximate surface area is 187 Å². The van der Waals surface area contributed by atoms with Crippen LogP contribution in [0.3, 0.4) is 0 Å². The van der Waals surface area contributed by atoms with Crippen molar-refractivity contribution in [2.75, 3.05) is 18.5 Å². The fourth-order valence-corrected chi connectivity index (χ4v) is 3.08. The molecule has 0 aliphatic carbocycles. The minimum absolute atomic E-state index is 0.0636. The van der Waals surface area contributed by atoms with E-state index >= 15 is 0 Å². The van der Waals surface area contributed by atoms with Crippen molar-refractivity contribution in [1.29, 1.82) is 0 Å². The minimum atomic E-state index is -0.443. The van der Waals surface area contributed by atoms with Crippen LogP contribution in [-0.4, -0.2) is 31.4 Å². The van der Waals surface area contributed by atoms with Gasteiger partial charge in [0.2, 0.25) is 5.91 Å². The van der Waals surface area contributed by atoms with Gasteiger partial charge < -0.3 is 15.0 Å². The van der Waals surface area contributed by atoms with E-state index in [0.717, 1.165) is 11.1 Å². The number of anilines is 1. The number of ether oxygens (including phenoxy) is 1. The topological polar surface area (TPSA) is 75.7 Å². The second-order valence-electron chi connectivity index (χ2n) is 7.46. The number of nitrogens with one attached hydrogen (secondary N) is 1. The molecule has 164 valence electrons. The highest BCUT2D eigenvalue weighted by atomic mass is 16.5. The second kappa shape index (κ2) is 10.9. The number of hydrogen-bond acceptors (Lipinski definition) is 4. The van der Waals surface area contributed by atoms with Gasteiger partial charge in [-0.2, -0.15) is 0 Å². The summed E-state index contributed by atoms with van der Waals surface area (Å²) in [4.78, 5) is 38.1. The number of amides is 2. The number of hydrogen-bond donors (Lipinski definition) is 1. The number of carbonyl (C=O) groups excluding carboxylic acids is 3. The van der Waals surface area contributed by atoms with Crippen molar-refractivity contribution < 1.29 is 19.1 Å². The van der Waals surface area contributed by atoms with Crippen LogP contribution in [0.4, 0.5) is 5.69 Å². The molecule has 32 heavy (non-hydrogen) atoms. The molecule has 6 heteroatoms. The average Bonchev–Trinajstić information content (AvgIpc) is 2.80. The molecule has 3 rings (SSSR count). The third-order valence-corrected chi connectivity index (χ3v) is 4.92. The maximum absolute atomic E-state index is 12.6. The Bertz CT molecular complexity index is 1060. The lowest BCUT2D eigenvalue weighted by molar-refractivity contribution is -0.134. The first kappa shape index (κ1) is 22.7. The Morgan fingerprint density at radius 1 is 0.875 bits per heavy atom. The van der Waals surface area contributed by atoms with Gasteiger partial charge in [0, 0.05) is 24.8 Å². The zero-order valence-electron chi connectivity index (χ0n) is 18.2. The predicted molar refractivity (Wildman–Crippen MR) is 124 cm³/mol. The third kappa shape index (κ3) is 6.54.